The number of amides is 1. The molecular weight excluding hydrogens is 386 g/mol. The van der Waals surface area contributed by atoms with Crippen LogP contribution in [0.1, 0.15) is 33.3 Å². The number of aryl methyl sites for hydroxylation is 1. The summed E-state index contributed by atoms with van der Waals surface area (Å²) in [6.07, 6.45) is 0. The number of carbonyl (C=O) groups excluding carboxylic acids is 2. The Morgan fingerprint density at radius 1 is 1.36 bits per heavy atom. The van der Waals surface area contributed by atoms with E-state index in [2.05, 4.69) is 5.32 Å². The molecule has 146 valence electrons. The molecule has 0 saturated carbocycles. The summed E-state index contributed by atoms with van der Waals surface area (Å²) in [6, 6.07) is 6.00. The normalized spacial score (nSPS) is 10.1. The number of nitro groups is 1. The molecule has 0 bridgehead atoms. The van der Waals surface area contributed by atoms with Gasteiger partial charge in [0.25, 0.3) is 11.6 Å². The molecule has 1 amide bonds. The van der Waals surface area contributed by atoms with Gasteiger partial charge in [0, 0.05) is 12.1 Å². The number of nitrogens with zero attached hydrogens (tertiary/aromatic N) is 2. The number of carbonyl (C=O) groups is 2. The van der Waals surface area contributed by atoms with Gasteiger partial charge in [-0.2, -0.15) is 5.26 Å². The lowest BCUT2D eigenvalue weighted by atomic mass is 10.2. The lowest BCUT2D eigenvalue weighted by Crippen LogP contribution is -2.20. The molecule has 2 aromatic rings. The first-order valence-corrected chi connectivity index (χ1v) is 8.98. The average Bonchev–Trinajstić information content (AvgIpc) is 2.96. The number of nitrogens with one attached hydrogen (secondary N) is 1. The van der Waals surface area contributed by atoms with Crippen molar-refractivity contribution in [2.24, 2.45) is 0 Å². The van der Waals surface area contributed by atoms with Gasteiger partial charge in [-0.3, -0.25) is 14.9 Å². The number of thiophene rings is 1. The summed E-state index contributed by atoms with van der Waals surface area (Å²) < 4.78 is 10.3. The molecule has 1 aromatic carbocycles. The highest BCUT2D eigenvalue weighted by Gasteiger charge is 2.22. The maximum atomic E-state index is 12.2. The van der Waals surface area contributed by atoms with E-state index in [0.717, 1.165) is 11.3 Å². The van der Waals surface area contributed by atoms with Crippen LogP contribution >= 0.6 is 11.3 Å². The maximum Gasteiger partial charge on any atom is 0.348 e. The van der Waals surface area contributed by atoms with Gasteiger partial charge in [0.05, 0.1) is 17.1 Å². The van der Waals surface area contributed by atoms with Crippen molar-refractivity contribution in [3.63, 3.8) is 0 Å². The fourth-order valence-corrected chi connectivity index (χ4v) is 3.41. The molecular formula is C18H17N3O6S. The molecule has 0 saturated heterocycles. The monoisotopic (exact) mass is 403 g/mol. The number of hydrogen-bond acceptors (Lipinski definition) is 8. The van der Waals surface area contributed by atoms with Crippen LogP contribution in [0.2, 0.25) is 0 Å². The van der Waals surface area contributed by atoms with Crippen LogP contribution in [0.4, 0.5) is 10.7 Å². The minimum absolute atomic E-state index is 0.0754. The third-order valence-corrected chi connectivity index (χ3v) is 4.89. The summed E-state index contributed by atoms with van der Waals surface area (Å²) in [6.45, 7) is 4.74. The van der Waals surface area contributed by atoms with Crippen LogP contribution in [0.25, 0.3) is 0 Å². The van der Waals surface area contributed by atoms with Crippen LogP contribution in [0, 0.1) is 35.3 Å². The number of ether oxygens (including phenoxy) is 2. The van der Waals surface area contributed by atoms with Crippen molar-refractivity contribution in [2.45, 2.75) is 20.8 Å². The van der Waals surface area contributed by atoms with Crippen molar-refractivity contribution in [3.8, 4) is 11.8 Å². The zero-order valence-electron chi connectivity index (χ0n) is 15.4. The molecule has 1 heterocycles. The van der Waals surface area contributed by atoms with Gasteiger partial charge in [-0.15, -0.1) is 11.3 Å². The fraction of sp³-hybridized carbons (Fsp3) is 0.278. The van der Waals surface area contributed by atoms with Crippen LogP contribution in [0.15, 0.2) is 18.2 Å². The first-order valence-electron chi connectivity index (χ1n) is 8.16. The highest BCUT2D eigenvalue weighted by Crippen LogP contribution is 2.33. The third-order valence-electron chi connectivity index (χ3n) is 3.70. The summed E-state index contributed by atoms with van der Waals surface area (Å²) in [5.74, 6) is -0.763. The lowest BCUT2D eigenvalue weighted by molar-refractivity contribution is -0.384. The minimum Gasteiger partial charge on any atom is -0.483 e. The number of non-ortho nitro benzene ring substituents is 1. The van der Waals surface area contributed by atoms with Crippen molar-refractivity contribution in [1.29, 1.82) is 5.26 Å². The largest absolute Gasteiger partial charge is 0.483 e. The number of rotatable bonds is 7. The van der Waals surface area contributed by atoms with Crippen LogP contribution in [0.3, 0.4) is 0 Å². The Morgan fingerprint density at radius 2 is 2.07 bits per heavy atom. The highest BCUT2D eigenvalue weighted by atomic mass is 32.1. The van der Waals surface area contributed by atoms with E-state index in [1.807, 2.05) is 6.07 Å². The van der Waals surface area contributed by atoms with E-state index < -0.39 is 16.8 Å². The number of nitriles is 1. The topological polar surface area (TPSA) is 132 Å². The van der Waals surface area contributed by atoms with Crippen LogP contribution in [0.5, 0.6) is 5.75 Å². The minimum atomic E-state index is -0.556. The van der Waals surface area contributed by atoms with Crippen LogP contribution in [-0.4, -0.2) is 30.0 Å². The second-order valence-electron chi connectivity index (χ2n) is 5.64. The number of anilines is 1. The van der Waals surface area contributed by atoms with Crippen LogP contribution in [-0.2, 0) is 9.53 Å². The molecule has 0 fully saturated rings. The summed E-state index contributed by atoms with van der Waals surface area (Å²) in [5, 5.41) is 22.9. The van der Waals surface area contributed by atoms with Gasteiger partial charge >= 0.3 is 5.97 Å². The van der Waals surface area contributed by atoms with Gasteiger partial charge in [-0.25, -0.2) is 4.79 Å². The van der Waals surface area contributed by atoms with E-state index in [9.17, 15) is 25.0 Å². The number of esters is 1. The van der Waals surface area contributed by atoms with Crippen LogP contribution < -0.4 is 10.1 Å². The van der Waals surface area contributed by atoms with Gasteiger partial charge in [-0.05, 0) is 38.0 Å². The summed E-state index contributed by atoms with van der Waals surface area (Å²) in [4.78, 5) is 34.6. The average molecular weight is 403 g/mol. The highest BCUT2D eigenvalue weighted by molar-refractivity contribution is 7.18. The van der Waals surface area contributed by atoms with Gasteiger partial charge < -0.3 is 14.8 Å². The Labute approximate surface area is 164 Å². The predicted molar refractivity (Wildman–Crippen MR) is 102 cm³/mol. The molecule has 0 radical (unpaired) electrons. The second-order valence-corrected chi connectivity index (χ2v) is 6.66. The Bertz CT molecular complexity index is 976. The van der Waals surface area contributed by atoms with Gasteiger partial charge in [-0.1, -0.05) is 0 Å². The van der Waals surface area contributed by atoms with Gasteiger partial charge in [0.2, 0.25) is 0 Å². The summed E-state index contributed by atoms with van der Waals surface area (Å²) in [7, 11) is 0. The zero-order valence-corrected chi connectivity index (χ0v) is 16.2. The van der Waals surface area contributed by atoms with E-state index in [1.54, 1.807) is 20.8 Å². The standard InChI is InChI=1S/C18H17N3O6S/c1-4-26-18(23)16-11(3)13(8-19)17(28-16)20-15(22)9-27-14-6-5-12(21(24)25)7-10(14)2/h5-7H,4,9H2,1-3H3,(H,20,22). The third kappa shape index (κ3) is 4.63. The molecule has 9 nitrogen and oxygen atoms in total. The molecule has 0 aliphatic heterocycles. The molecule has 0 atom stereocenters. The first-order chi connectivity index (χ1) is 13.3. The quantitative estimate of drug-likeness (QED) is 0.426. The van der Waals surface area contributed by atoms with Gasteiger partial charge in [0.1, 0.15) is 21.7 Å². The number of benzene rings is 1. The molecule has 0 spiro atoms. The molecule has 1 aromatic heterocycles. The van der Waals surface area contributed by atoms with Crippen molar-refractivity contribution in [1.82, 2.24) is 0 Å². The SMILES string of the molecule is CCOC(=O)c1sc(NC(=O)COc2ccc([N+](=O)[O-])cc2C)c(C#N)c1C. The number of nitro benzene ring substituents is 1. The van der Waals surface area contributed by atoms with Gasteiger partial charge in [0.15, 0.2) is 6.61 Å². The Morgan fingerprint density at radius 3 is 2.64 bits per heavy atom. The van der Waals surface area contributed by atoms with E-state index in [4.69, 9.17) is 9.47 Å². The zero-order chi connectivity index (χ0) is 20.8. The molecule has 1 N–H and O–H groups in total. The van der Waals surface area contributed by atoms with Crippen molar-refractivity contribution in [3.05, 3.63) is 49.9 Å². The molecule has 2 rings (SSSR count). The first kappa shape index (κ1) is 20.9. The molecule has 0 aliphatic carbocycles. The van der Waals surface area contributed by atoms with E-state index in [-0.39, 0.29) is 34.3 Å². The lowest BCUT2D eigenvalue weighted by Gasteiger charge is -2.09. The van der Waals surface area contributed by atoms with Crippen molar-refractivity contribution in [2.75, 3.05) is 18.5 Å². The Balaban J connectivity index is 2.09. The van der Waals surface area contributed by atoms with Crippen molar-refractivity contribution < 1.29 is 24.0 Å². The Hall–Kier alpha value is -3.45. The summed E-state index contributed by atoms with van der Waals surface area (Å²) >= 11 is 0.958. The molecule has 0 unspecified atom stereocenters. The summed E-state index contributed by atoms with van der Waals surface area (Å²) in [5.41, 5.74) is 1.06. The maximum absolute atomic E-state index is 12.2. The van der Waals surface area contributed by atoms with E-state index in [0.29, 0.717) is 16.9 Å². The number of hydrogen-bond donors (Lipinski definition) is 1. The van der Waals surface area contributed by atoms with E-state index >= 15 is 0 Å². The Kier molecular flexibility index (Phi) is 6.68. The van der Waals surface area contributed by atoms with Crippen molar-refractivity contribution >= 4 is 33.9 Å². The van der Waals surface area contributed by atoms with E-state index in [1.165, 1.54) is 18.2 Å². The smallest absolute Gasteiger partial charge is 0.348 e. The molecule has 10 heteroatoms. The second kappa shape index (κ2) is 8.96. The fourth-order valence-electron chi connectivity index (χ4n) is 2.34. The predicted octanol–water partition coefficient (Wildman–Crippen LogP) is 3.34. The molecule has 28 heavy (non-hydrogen) atoms. The molecule has 0 aliphatic rings.